The van der Waals surface area contributed by atoms with E-state index < -0.39 is 23.3 Å². The van der Waals surface area contributed by atoms with Crippen LogP contribution in [-0.2, 0) is 12.8 Å². The van der Waals surface area contributed by atoms with Gasteiger partial charge in [-0.25, -0.2) is 13.2 Å². The van der Waals surface area contributed by atoms with Crippen LogP contribution in [0, 0.1) is 23.3 Å². The molecule has 0 bridgehead atoms. The fourth-order valence-corrected chi connectivity index (χ4v) is 3.82. The highest BCUT2D eigenvalue weighted by molar-refractivity contribution is 5.66. The molecule has 0 aliphatic carbocycles. The van der Waals surface area contributed by atoms with Crippen LogP contribution in [0.25, 0.3) is 28.5 Å². The lowest BCUT2D eigenvalue weighted by Gasteiger charge is -2.11. The molecule has 0 unspecified atom stereocenters. The van der Waals surface area contributed by atoms with E-state index in [-0.39, 0.29) is 35.5 Å². The highest BCUT2D eigenvalue weighted by Gasteiger charge is 2.17. The lowest BCUT2D eigenvalue weighted by atomic mass is 9.98. The van der Waals surface area contributed by atoms with E-state index in [1.165, 1.54) is 18.2 Å². The predicted molar refractivity (Wildman–Crippen MR) is 130 cm³/mol. The minimum absolute atomic E-state index is 0.0934. The molecule has 0 fully saturated rings. The van der Waals surface area contributed by atoms with E-state index in [1.54, 1.807) is 61.7 Å². The van der Waals surface area contributed by atoms with Gasteiger partial charge in [-0.15, -0.1) is 0 Å². The molecule has 4 rings (SSSR count). The first kappa shape index (κ1) is 24.2. The number of aryl methyl sites for hydroxylation is 2. The molecule has 3 aromatic carbocycles. The number of ether oxygens (including phenoxy) is 1. The number of aromatic nitrogens is 1. The highest BCUT2D eigenvalue weighted by Crippen LogP contribution is 2.30. The normalized spacial score (nSPS) is 10.9. The number of hydrogen-bond donors (Lipinski definition) is 0. The van der Waals surface area contributed by atoms with Crippen LogP contribution in [-0.4, -0.2) is 11.6 Å². The van der Waals surface area contributed by atoms with E-state index in [2.05, 4.69) is 11.6 Å². The van der Waals surface area contributed by atoms with Gasteiger partial charge in [-0.05, 0) is 66.3 Å². The van der Waals surface area contributed by atoms with Crippen molar-refractivity contribution in [2.75, 3.05) is 6.61 Å². The Balaban J connectivity index is 1.48. The average Bonchev–Trinajstić information content (AvgIpc) is 2.88. The fourth-order valence-electron chi connectivity index (χ4n) is 3.82. The molecule has 0 saturated carbocycles. The van der Waals surface area contributed by atoms with Gasteiger partial charge in [0.05, 0.1) is 12.3 Å². The Morgan fingerprint density at radius 1 is 0.771 bits per heavy atom. The number of hydrogen-bond acceptors (Lipinski definition) is 2. The Labute approximate surface area is 201 Å². The standard InChI is InChI=1S/C29H23F4NO/c1-3-18-8-15-24(34-17-18)23-13-12-21(26(30)28(23)32)11-7-19-5-9-20(10-6-19)22-14-16-25(35-4-2)29(33)27(22)31/h3,5-6,8-10,12-17H,1,4,7,11H2,2H3. The minimum atomic E-state index is -1.03. The lowest BCUT2D eigenvalue weighted by molar-refractivity contribution is 0.314. The lowest BCUT2D eigenvalue weighted by Crippen LogP contribution is -2.00. The summed E-state index contributed by atoms with van der Waals surface area (Å²) in [7, 11) is 0. The smallest absolute Gasteiger partial charge is 0.201 e. The van der Waals surface area contributed by atoms with Crippen LogP contribution in [0.3, 0.4) is 0 Å². The van der Waals surface area contributed by atoms with E-state index >= 15 is 0 Å². The molecule has 4 aromatic rings. The second-order valence-electron chi connectivity index (χ2n) is 7.95. The molecule has 0 aliphatic heterocycles. The van der Waals surface area contributed by atoms with Gasteiger partial charge < -0.3 is 4.74 Å². The van der Waals surface area contributed by atoms with Crippen LogP contribution in [0.4, 0.5) is 17.6 Å². The molecule has 35 heavy (non-hydrogen) atoms. The van der Waals surface area contributed by atoms with Crippen molar-refractivity contribution in [1.29, 1.82) is 0 Å². The van der Waals surface area contributed by atoms with Crippen molar-refractivity contribution in [3.63, 3.8) is 0 Å². The summed E-state index contributed by atoms with van der Waals surface area (Å²) in [6.45, 7) is 5.57. The quantitative estimate of drug-likeness (QED) is 0.242. The van der Waals surface area contributed by atoms with Gasteiger partial charge in [0.25, 0.3) is 0 Å². The van der Waals surface area contributed by atoms with Gasteiger partial charge in [0, 0.05) is 17.3 Å². The van der Waals surface area contributed by atoms with Crippen LogP contribution in [0.5, 0.6) is 5.75 Å². The molecular weight excluding hydrogens is 454 g/mol. The van der Waals surface area contributed by atoms with Crippen LogP contribution < -0.4 is 4.74 Å². The van der Waals surface area contributed by atoms with Crippen molar-refractivity contribution >= 4 is 6.08 Å². The van der Waals surface area contributed by atoms with Crippen LogP contribution in [0.1, 0.15) is 23.6 Å². The third kappa shape index (κ3) is 5.11. The maximum atomic E-state index is 14.7. The Morgan fingerprint density at radius 3 is 2.14 bits per heavy atom. The molecule has 0 spiro atoms. The molecule has 2 nitrogen and oxygen atoms in total. The summed E-state index contributed by atoms with van der Waals surface area (Å²) in [5.74, 6) is -3.98. The summed E-state index contributed by atoms with van der Waals surface area (Å²) in [5.41, 5.74) is 2.94. The van der Waals surface area contributed by atoms with Gasteiger partial charge in [-0.3, -0.25) is 4.98 Å². The first-order valence-electron chi connectivity index (χ1n) is 11.2. The van der Waals surface area contributed by atoms with Crippen molar-refractivity contribution in [3.05, 3.63) is 113 Å². The zero-order chi connectivity index (χ0) is 24.9. The number of pyridine rings is 1. The first-order chi connectivity index (χ1) is 16.9. The Kier molecular flexibility index (Phi) is 7.30. The van der Waals surface area contributed by atoms with Crippen molar-refractivity contribution < 1.29 is 22.3 Å². The average molecular weight is 478 g/mol. The largest absolute Gasteiger partial charge is 0.491 e. The summed E-state index contributed by atoms with van der Waals surface area (Å²) in [5, 5.41) is 0. The van der Waals surface area contributed by atoms with E-state index in [0.717, 1.165) is 11.1 Å². The maximum Gasteiger partial charge on any atom is 0.201 e. The summed E-state index contributed by atoms with van der Waals surface area (Å²) in [4.78, 5) is 4.17. The third-order valence-electron chi connectivity index (χ3n) is 5.75. The van der Waals surface area contributed by atoms with Gasteiger partial charge in [-0.2, -0.15) is 4.39 Å². The maximum absolute atomic E-state index is 14.7. The Morgan fingerprint density at radius 2 is 1.49 bits per heavy atom. The molecular formula is C29H23F4NO. The van der Waals surface area contributed by atoms with E-state index in [4.69, 9.17) is 4.74 Å². The van der Waals surface area contributed by atoms with E-state index in [9.17, 15) is 17.6 Å². The molecule has 1 heterocycles. The van der Waals surface area contributed by atoms with Gasteiger partial charge in [0.2, 0.25) is 5.82 Å². The zero-order valence-corrected chi connectivity index (χ0v) is 19.1. The molecule has 0 radical (unpaired) electrons. The van der Waals surface area contributed by atoms with E-state index in [0.29, 0.717) is 17.7 Å². The van der Waals surface area contributed by atoms with Crippen molar-refractivity contribution in [3.8, 4) is 28.1 Å². The summed E-state index contributed by atoms with van der Waals surface area (Å²) >= 11 is 0. The fraction of sp³-hybridized carbons (Fsp3) is 0.138. The summed E-state index contributed by atoms with van der Waals surface area (Å²) in [6.07, 6.45) is 3.89. The van der Waals surface area contributed by atoms with Gasteiger partial charge in [-0.1, -0.05) is 49.1 Å². The number of rotatable bonds is 8. The summed E-state index contributed by atoms with van der Waals surface area (Å²) in [6, 6.07) is 16.2. The summed E-state index contributed by atoms with van der Waals surface area (Å²) < 4.78 is 63.2. The van der Waals surface area contributed by atoms with Crippen molar-refractivity contribution in [2.45, 2.75) is 19.8 Å². The zero-order valence-electron chi connectivity index (χ0n) is 19.1. The molecule has 0 saturated heterocycles. The SMILES string of the molecule is C=Cc1ccc(-c2ccc(CCc3ccc(-c4ccc(OCC)c(F)c4F)cc3)c(F)c2F)nc1. The second kappa shape index (κ2) is 10.6. The van der Waals surface area contributed by atoms with Gasteiger partial charge >= 0.3 is 0 Å². The Bertz CT molecular complexity index is 1350. The van der Waals surface area contributed by atoms with Crippen LogP contribution in [0.15, 0.2) is 73.4 Å². The number of benzene rings is 3. The highest BCUT2D eigenvalue weighted by atomic mass is 19.2. The van der Waals surface area contributed by atoms with Crippen LogP contribution >= 0.6 is 0 Å². The molecule has 178 valence electrons. The molecule has 0 amide bonds. The molecule has 1 aromatic heterocycles. The Hall–Kier alpha value is -3.93. The monoisotopic (exact) mass is 477 g/mol. The van der Waals surface area contributed by atoms with Crippen molar-refractivity contribution in [1.82, 2.24) is 4.98 Å². The van der Waals surface area contributed by atoms with Crippen molar-refractivity contribution in [2.24, 2.45) is 0 Å². The number of nitrogens with zero attached hydrogens (tertiary/aromatic N) is 1. The van der Waals surface area contributed by atoms with Gasteiger partial charge in [0.1, 0.15) is 0 Å². The molecule has 0 N–H and O–H groups in total. The molecule has 0 atom stereocenters. The second-order valence-corrected chi connectivity index (χ2v) is 7.95. The molecule has 6 heteroatoms. The minimum Gasteiger partial charge on any atom is -0.491 e. The molecule has 0 aliphatic rings. The predicted octanol–water partition coefficient (Wildman–Crippen LogP) is 7.80. The topological polar surface area (TPSA) is 22.1 Å². The van der Waals surface area contributed by atoms with Gasteiger partial charge in [0.15, 0.2) is 23.2 Å². The number of halogens is 4. The van der Waals surface area contributed by atoms with E-state index in [1.807, 2.05) is 0 Å². The first-order valence-corrected chi connectivity index (χ1v) is 11.2. The third-order valence-corrected chi connectivity index (χ3v) is 5.75. The van der Waals surface area contributed by atoms with Crippen LogP contribution in [0.2, 0.25) is 0 Å².